The molecule has 0 heterocycles. The quantitative estimate of drug-likeness (QED) is 0.359. The van der Waals surface area contributed by atoms with Crippen LogP contribution in [-0.4, -0.2) is 22.7 Å². The van der Waals surface area contributed by atoms with Gasteiger partial charge in [-0.1, -0.05) is 0 Å². The second-order valence-electron chi connectivity index (χ2n) is 1.48. The summed E-state index contributed by atoms with van der Waals surface area (Å²) in [5.41, 5.74) is 4.68. The summed E-state index contributed by atoms with van der Waals surface area (Å²) in [6.45, 7) is 0. The molecule has 0 aliphatic carbocycles. The van der Waals surface area contributed by atoms with E-state index in [1.807, 2.05) is 0 Å². The van der Waals surface area contributed by atoms with E-state index < -0.39 is 17.8 Å². The second kappa shape index (κ2) is 3.34. The molecule has 1 atom stereocenters. The Balaban J connectivity index is 3.99. The first-order valence-corrected chi connectivity index (χ1v) is 2.85. The van der Waals surface area contributed by atoms with Gasteiger partial charge in [0.2, 0.25) is 5.91 Å². The molecule has 0 aromatic carbocycles. The third-order valence-corrected chi connectivity index (χ3v) is 1.19. The lowest BCUT2D eigenvalue weighted by Crippen LogP contribution is -2.31. The van der Waals surface area contributed by atoms with Gasteiger partial charge in [0, 0.05) is 5.75 Å². The average molecular weight is 149 g/mol. The topological polar surface area (TPSA) is 80.4 Å². The molecule has 0 aliphatic heterocycles. The van der Waals surface area contributed by atoms with Gasteiger partial charge in [-0.25, -0.2) is 0 Å². The van der Waals surface area contributed by atoms with Gasteiger partial charge in [0.1, 0.15) is 5.92 Å². The zero-order valence-corrected chi connectivity index (χ0v) is 5.47. The Morgan fingerprint density at radius 1 is 1.67 bits per heavy atom. The highest BCUT2D eigenvalue weighted by Crippen LogP contribution is 1.96. The minimum atomic E-state index is -1.22. The number of nitrogens with two attached hydrogens (primary N) is 1. The zero-order chi connectivity index (χ0) is 7.44. The van der Waals surface area contributed by atoms with Gasteiger partial charge in [-0.2, -0.15) is 12.6 Å². The van der Waals surface area contributed by atoms with Crippen molar-refractivity contribution >= 4 is 24.5 Å². The number of amides is 1. The van der Waals surface area contributed by atoms with Crippen molar-refractivity contribution in [3.63, 3.8) is 0 Å². The summed E-state index contributed by atoms with van der Waals surface area (Å²) in [4.78, 5) is 20.2. The first kappa shape index (κ1) is 8.29. The van der Waals surface area contributed by atoms with Gasteiger partial charge in [-0.15, -0.1) is 0 Å². The number of rotatable bonds is 3. The second-order valence-corrected chi connectivity index (χ2v) is 1.84. The fourth-order valence-electron chi connectivity index (χ4n) is 0.290. The molecule has 0 aromatic rings. The Bertz CT molecular complexity index is 122. The summed E-state index contributed by atoms with van der Waals surface area (Å²) < 4.78 is 0. The van der Waals surface area contributed by atoms with E-state index in [0.29, 0.717) is 0 Å². The van der Waals surface area contributed by atoms with Crippen LogP contribution in [0.2, 0.25) is 0 Å². The van der Waals surface area contributed by atoms with E-state index in [1.165, 1.54) is 0 Å². The summed E-state index contributed by atoms with van der Waals surface area (Å²) in [6, 6.07) is 0. The maximum atomic E-state index is 10.2. The van der Waals surface area contributed by atoms with Crippen molar-refractivity contribution in [3.05, 3.63) is 0 Å². The van der Waals surface area contributed by atoms with Gasteiger partial charge in [0.25, 0.3) is 0 Å². The van der Waals surface area contributed by atoms with Crippen LogP contribution in [0.4, 0.5) is 0 Å². The minimum Gasteiger partial charge on any atom is -0.481 e. The predicted molar refractivity (Wildman–Crippen MR) is 34.2 cm³/mol. The van der Waals surface area contributed by atoms with Gasteiger partial charge >= 0.3 is 5.97 Å². The van der Waals surface area contributed by atoms with Gasteiger partial charge in [-0.05, 0) is 0 Å². The Morgan fingerprint density at radius 3 is 2.11 bits per heavy atom. The fraction of sp³-hybridized carbons (Fsp3) is 0.500. The molecule has 9 heavy (non-hydrogen) atoms. The Labute approximate surface area is 57.4 Å². The molecule has 1 unspecified atom stereocenters. The monoisotopic (exact) mass is 149 g/mol. The number of primary amides is 1. The molecular formula is C4H7NO3S. The number of hydrogen-bond acceptors (Lipinski definition) is 3. The lowest BCUT2D eigenvalue weighted by Gasteiger charge is -2.00. The number of carboxylic acids is 1. The van der Waals surface area contributed by atoms with Crippen LogP contribution in [-0.2, 0) is 9.59 Å². The van der Waals surface area contributed by atoms with E-state index in [4.69, 9.17) is 5.11 Å². The van der Waals surface area contributed by atoms with Crippen LogP contribution < -0.4 is 5.73 Å². The summed E-state index contributed by atoms with van der Waals surface area (Å²) in [5.74, 6) is -3.28. The van der Waals surface area contributed by atoms with Gasteiger partial charge in [0.05, 0.1) is 0 Å². The van der Waals surface area contributed by atoms with E-state index in [1.54, 1.807) is 0 Å². The molecular weight excluding hydrogens is 142 g/mol. The number of carbonyl (C=O) groups is 2. The van der Waals surface area contributed by atoms with Crippen LogP contribution in [0.3, 0.4) is 0 Å². The van der Waals surface area contributed by atoms with Crippen LogP contribution in [0.15, 0.2) is 0 Å². The number of carboxylic acid groups (broad SMARTS) is 1. The van der Waals surface area contributed by atoms with E-state index in [9.17, 15) is 9.59 Å². The largest absolute Gasteiger partial charge is 0.481 e. The summed E-state index contributed by atoms with van der Waals surface area (Å²) in [7, 11) is 0. The molecule has 0 aliphatic rings. The minimum absolute atomic E-state index is 0.0509. The predicted octanol–water partition coefficient (Wildman–Crippen LogP) is -0.898. The molecule has 3 N–H and O–H groups in total. The molecule has 0 fully saturated rings. The number of carbonyl (C=O) groups excluding carboxylic acids is 1. The molecule has 0 aromatic heterocycles. The Hall–Kier alpha value is -0.710. The van der Waals surface area contributed by atoms with E-state index in [-0.39, 0.29) is 5.75 Å². The van der Waals surface area contributed by atoms with Crippen LogP contribution >= 0.6 is 12.6 Å². The maximum Gasteiger partial charge on any atom is 0.316 e. The normalized spacial score (nSPS) is 12.6. The molecule has 5 heteroatoms. The van der Waals surface area contributed by atoms with Crippen molar-refractivity contribution in [1.29, 1.82) is 0 Å². The third-order valence-electron chi connectivity index (χ3n) is 0.824. The highest BCUT2D eigenvalue weighted by Gasteiger charge is 2.20. The van der Waals surface area contributed by atoms with Gasteiger partial charge in [0.15, 0.2) is 0 Å². The molecule has 1 amide bonds. The van der Waals surface area contributed by atoms with Crippen LogP contribution in [0.25, 0.3) is 0 Å². The van der Waals surface area contributed by atoms with Crippen LogP contribution in [0.5, 0.6) is 0 Å². The summed E-state index contributed by atoms with van der Waals surface area (Å²) >= 11 is 3.61. The summed E-state index contributed by atoms with van der Waals surface area (Å²) in [5, 5.41) is 8.19. The smallest absolute Gasteiger partial charge is 0.316 e. The van der Waals surface area contributed by atoms with E-state index >= 15 is 0 Å². The molecule has 0 bridgehead atoms. The van der Waals surface area contributed by atoms with Crippen molar-refractivity contribution in [2.75, 3.05) is 5.75 Å². The summed E-state index contributed by atoms with van der Waals surface area (Å²) in [6.07, 6.45) is 0. The molecule has 52 valence electrons. The molecule has 0 spiro atoms. The van der Waals surface area contributed by atoms with Crippen molar-refractivity contribution in [2.24, 2.45) is 11.7 Å². The van der Waals surface area contributed by atoms with Crippen molar-refractivity contribution in [2.45, 2.75) is 0 Å². The number of hydrogen-bond donors (Lipinski definition) is 3. The van der Waals surface area contributed by atoms with Crippen LogP contribution in [0.1, 0.15) is 0 Å². The Kier molecular flexibility index (Phi) is 3.08. The molecule has 0 radical (unpaired) electrons. The average Bonchev–Trinajstić information content (AvgIpc) is 1.64. The van der Waals surface area contributed by atoms with Crippen molar-refractivity contribution in [3.8, 4) is 0 Å². The van der Waals surface area contributed by atoms with E-state index in [2.05, 4.69) is 18.4 Å². The zero-order valence-electron chi connectivity index (χ0n) is 4.57. The lowest BCUT2D eigenvalue weighted by atomic mass is 10.2. The first-order valence-electron chi connectivity index (χ1n) is 2.22. The highest BCUT2D eigenvalue weighted by atomic mass is 32.1. The Morgan fingerprint density at radius 2 is 2.11 bits per heavy atom. The van der Waals surface area contributed by atoms with Crippen LogP contribution in [0, 0.1) is 5.92 Å². The molecule has 0 rings (SSSR count). The molecule has 4 nitrogen and oxygen atoms in total. The first-order chi connectivity index (χ1) is 4.09. The third kappa shape index (κ3) is 2.36. The fourth-order valence-corrected chi connectivity index (χ4v) is 0.626. The molecule has 0 saturated heterocycles. The van der Waals surface area contributed by atoms with Crippen molar-refractivity contribution in [1.82, 2.24) is 0 Å². The number of aliphatic carboxylic acids is 1. The van der Waals surface area contributed by atoms with Crippen molar-refractivity contribution < 1.29 is 14.7 Å². The van der Waals surface area contributed by atoms with E-state index in [0.717, 1.165) is 0 Å². The number of thiol groups is 1. The SMILES string of the molecule is NC(=O)C(CS)C(=O)O. The molecule has 0 saturated carbocycles. The maximum absolute atomic E-state index is 10.2. The van der Waals surface area contributed by atoms with Gasteiger partial charge < -0.3 is 10.8 Å². The standard InChI is InChI=1S/C4H7NO3S/c5-3(6)2(1-9)4(7)8/h2,9H,1H2,(H2,5,6)(H,7,8). The lowest BCUT2D eigenvalue weighted by molar-refractivity contribution is -0.144. The van der Waals surface area contributed by atoms with Gasteiger partial charge in [-0.3, -0.25) is 9.59 Å². The highest BCUT2D eigenvalue weighted by molar-refractivity contribution is 7.80.